The van der Waals surface area contributed by atoms with Crippen LogP contribution in [0.4, 0.5) is 0 Å². The third-order valence-corrected chi connectivity index (χ3v) is 3.85. The van der Waals surface area contributed by atoms with Crippen molar-refractivity contribution in [2.24, 2.45) is 11.7 Å². The van der Waals surface area contributed by atoms with Gasteiger partial charge in [-0.1, -0.05) is 25.1 Å². The predicted octanol–water partition coefficient (Wildman–Crippen LogP) is 1.57. The maximum atomic E-state index is 12.4. The van der Waals surface area contributed by atoms with Crippen molar-refractivity contribution < 1.29 is 14.3 Å². The summed E-state index contributed by atoms with van der Waals surface area (Å²) in [7, 11) is 0. The number of benzene rings is 1. The van der Waals surface area contributed by atoms with Gasteiger partial charge in [-0.05, 0) is 31.4 Å². The van der Waals surface area contributed by atoms with E-state index in [4.69, 9.17) is 10.5 Å². The Balaban J connectivity index is 1.81. The van der Waals surface area contributed by atoms with Crippen molar-refractivity contribution in [2.75, 3.05) is 13.2 Å². The molecule has 1 heterocycles. The van der Waals surface area contributed by atoms with E-state index in [1.54, 1.807) is 4.90 Å². The molecule has 5 nitrogen and oxygen atoms in total. The van der Waals surface area contributed by atoms with Crippen LogP contribution in [0.5, 0.6) is 5.75 Å². The first-order valence-corrected chi connectivity index (χ1v) is 7.37. The summed E-state index contributed by atoms with van der Waals surface area (Å²) in [6.45, 7) is 2.97. The average molecular weight is 290 g/mol. The molecule has 1 aromatic rings. The molecule has 0 aromatic heterocycles. The van der Waals surface area contributed by atoms with Crippen LogP contribution in [0.25, 0.3) is 0 Å². The predicted molar refractivity (Wildman–Crippen MR) is 79.6 cm³/mol. The number of rotatable bonds is 6. The molecule has 1 aromatic carbocycles. The van der Waals surface area contributed by atoms with Crippen molar-refractivity contribution in [3.05, 3.63) is 30.3 Å². The molecule has 2 atom stereocenters. The molecule has 1 saturated heterocycles. The summed E-state index contributed by atoms with van der Waals surface area (Å²) in [6.07, 6.45) is 2.14. The lowest BCUT2D eigenvalue weighted by Gasteiger charge is -2.25. The van der Waals surface area contributed by atoms with Gasteiger partial charge < -0.3 is 15.4 Å². The first-order valence-electron chi connectivity index (χ1n) is 7.37. The summed E-state index contributed by atoms with van der Waals surface area (Å²) >= 11 is 0. The molecule has 1 aliphatic heterocycles. The summed E-state index contributed by atoms with van der Waals surface area (Å²) < 4.78 is 5.60. The van der Waals surface area contributed by atoms with E-state index in [9.17, 15) is 9.59 Å². The molecule has 0 unspecified atom stereocenters. The standard InChI is InChI=1S/C16H22N2O3/c1-12(9-11-21-13-6-3-2-4-7-13)16(20)18-10-5-8-14(18)15(17)19/h2-4,6-7,12,14H,5,8-11H2,1H3,(H2,17,19)/t12-,14+/m0/s1. The van der Waals surface area contributed by atoms with Gasteiger partial charge in [0, 0.05) is 12.5 Å². The second kappa shape index (κ2) is 7.11. The number of amides is 2. The van der Waals surface area contributed by atoms with E-state index in [1.807, 2.05) is 37.3 Å². The van der Waals surface area contributed by atoms with Crippen LogP contribution in [0.3, 0.4) is 0 Å². The monoisotopic (exact) mass is 290 g/mol. The Morgan fingerprint density at radius 1 is 1.38 bits per heavy atom. The first-order chi connectivity index (χ1) is 10.1. The summed E-state index contributed by atoms with van der Waals surface area (Å²) in [5.41, 5.74) is 5.34. The fourth-order valence-electron chi connectivity index (χ4n) is 2.60. The zero-order chi connectivity index (χ0) is 15.2. The molecule has 1 fully saturated rings. The Hall–Kier alpha value is -2.04. The van der Waals surface area contributed by atoms with Crippen molar-refractivity contribution in [3.63, 3.8) is 0 Å². The molecule has 2 N–H and O–H groups in total. The van der Waals surface area contributed by atoms with E-state index in [0.717, 1.165) is 12.2 Å². The lowest BCUT2D eigenvalue weighted by Crippen LogP contribution is -2.45. The van der Waals surface area contributed by atoms with Crippen molar-refractivity contribution in [1.29, 1.82) is 0 Å². The molecular weight excluding hydrogens is 268 g/mol. The van der Waals surface area contributed by atoms with Crippen LogP contribution >= 0.6 is 0 Å². The third-order valence-electron chi connectivity index (χ3n) is 3.85. The lowest BCUT2D eigenvalue weighted by molar-refractivity contribution is -0.140. The highest BCUT2D eigenvalue weighted by Gasteiger charge is 2.34. The fourth-order valence-corrected chi connectivity index (χ4v) is 2.60. The zero-order valence-corrected chi connectivity index (χ0v) is 12.3. The number of nitrogens with two attached hydrogens (primary N) is 1. The Labute approximate surface area is 125 Å². The van der Waals surface area contributed by atoms with Gasteiger partial charge in [-0.25, -0.2) is 0 Å². The number of para-hydroxylation sites is 1. The van der Waals surface area contributed by atoms with Gasteiger partial charge in [-0.3, -0.25) is 9.59 Å². The van der Waals surface area contributed by atoms with Crippen molar-refractivity contribution in [3.8, 4) is 5.75 Å². The molecule has 0 spiro atoms. The van der Waals surface area contributed by atoms with Gasteiger partial charge in [0.25, 0.3) is 0 Å². The Morgan fingerprint density at radius 2 is 2.10 bits per heavy atom. The van der Waals surface area contributed by atoms with E-state index < -0.39 is 11.9 Å². The summed E-state index contributed by atoms with van der Waals surface area (Å²) in [5, 5.41) is 0. The Kier molecular flexibility index (Phi) is 5.20. The Morgan fingerprint density at radius 3 is 2.76 bits per heavy atom. The number of ether oxygens (including phenoxy) is 1. The quantitative estimate of drug-likeness (QED) is 0.864. The molecular formula is C16H22N2O3. The number of hydrogen-bond donors (Lipinski definition) is 1. The summed E-state index contributed by atoms with van der Waals surface area (Å²) in [5.74, 6) is 0.212. The maximum Gasteiger partial charge on any atom is 0.240 e. The molecule has 2 rings (SSSR count). The van der Waals surface area contributed by atoms with Gasteiger partial charge in [0.2, 0.25) is 11.8 Å². The van der Waals surface area contributed by atoms with E-state index in [-0.39, 0.29) is 11.8 Å². The highest BCUT2D eigenvalue weighted by molar-refractivity contribution is 5.88. The second-order valence-corrected chi connectivity index (χ2v) is 5.44. The van der Waals surface area contributed by atoms with Gasteiger partial charge in [-0.15, -0.1) is 0 Å². The van der Waals surface area contributed by atoms with Crippen molar-refractivity contribution in [1.82, 2.24) is 4.90 Å². The molecule has 21 heavy (non-hydrogen) atoms. The molecule has 0 aliphatic carbocycles. The number of hydrogen-bond acceptors (Lipinski definition) is 3. The van der Waals surface area contributed by atoms with Gasteiger partial charge in [0.15, 0.2) is 0 Å². The third kappa shape index (κ3) is 3.97. The molecule has 114 valence electrons. The molecule has 0 bridgehead atoms. The smallest absolute Gasteiger partial charge is 0.240 e. The average Bonchev–Trinajstić information content (AvgIpc) is 2.97. The van der Waals surface area contributed by atoms with E-state index in [2.05, 4.69) is 0 Å². The Bertz CT molecular complexity index is 490. The van der Waals surface area contributed by atoms with Crippen molar-refractivity contribution in [2.45, 2.75) is 32.2 Å². The first kappa shape index (κ1) is 15.4. The van der Waals surface area contributed by atoms with Crippen LogP contribution < -0.4 is 10.5 Å². The van der Waals surface area contributed by atoms with Crippen molar-refractivity contribution >= 4 is 11.8 Å². The minimum Gasteiger partial charge on any atom is -0.494 e. The second-order valence-electron chi connectivity index (χ2n) is 5.44. The number of carbonyl (C=O) groups excluding carboxylic acids is 2. The topological polar surface area (TPSA) is 72.6 Å². The molecule has 5 heteroatoms. The highest BCUT2D eigenvalue weighted by Crippen LogP contribution is 2.21. The number of primary amides is 1. The molecule has 1 aliphatic rings. The zero-order valence-electron chi connectivity index (χ0n) is 12.3. The SMILES string of the molecule is C[C@@H](CCOc1ccccc1)C(=O)N1CCC[C@@H]1C(N)=O. The number of nitrogens with zero attached hydrogens (tertiary/aromatic N) is 1. The van der Waals surface area contributed by atoms with Crippen LogP contribution in [0.1, 0.15) is 26.2 Å². The van der Waals surface area contributed by atoms with Crippen LogP contribution in [0.2, 0.25) is 0 Å². The van der Waals surface area contributed by atoms with Crippen LogP contribution in [0, 0.1) is 5.92 Å². The number of likely N-dealkylation sites (tertiary alicyclic amines) is 1. The van der Waals surface area contributed by atoms with E-state index in [1.165, 1.54) is 0 Å². The number of carbonyl (C=O) groups is 2. The van der Waals surface area contributed by atoms with Gasteiger partial charge in [0.05, 0.1) is 6.61 Å². The van der Waals surface area contributed by atoms with Crippen LogP contribution in [-0.4, -0.2) is 35.9 Å². The van der Waals surface area contributed by atoms with E-state index >= 15 is 0 Å². The minimum absolute atomic E-state index is 0.00652. The fraction of sp³-hybridized carbons (Fsp3) is 0.500. The van der Waals surface area contributed by atoms with Crippen LogP contribution in [0.15, 0.2) is 30.3 Å². The lowest BCUT2D eigenvalue weighted by atomic mass is 10.1. The summed E-state index contributed by atoms with van der Waals surface area (Å²) in [4.78, 5) is 25.3. The van der Waals surface area contributed by atoms with Gasteiger partial charge in [-0.2, -0.15) is 0 Å². The largest absolute Gasteiger partial charge is 0.494 e. The normalized spacial score (nSPS) is 19.3. The minimum atomic E-state index is -0.435. The van der Waals surface area contributed by atoms with E-state index in [0.29, 0.717) is 26.0 Å². The molecule has 2 amide bonds. The summed E-state index contributed by atoms with van der Waals surface area (Å²) in [6, 6.07) is 9.08. The van der Waals surface area contributed by atoms with Gasteiger partial charge in [0.1, 0.15) is 11.8 Å². The van der Waals surface area contributed by atoms with Crippen LogP contribution in [-0.2, 0) is 9.59 Å². The maximum absolute atomic E-state index is 12.4. The molecule has 0 radical (unpaired) electrons. The van der Waals surface area contributed by atoms with Gasteiger partial charge >= 0.3 is 0 Å². The highest BCUT2D eigenvalue weighted by atomic mass is 16.5. The molecule has 0 saturated carbocycles.